The number of rotatable bonds is 12. The first-order valence-corrected chi connectivity index (χ1v) is 16.4. The van der Waals surface area contributed by atoms with E-state index >= 15 is 0 Å². The van der Waals surface area contributed by atoms with Crippen LogP contribution in [-0.4, -0.2) is 36.9 Å². The summed E-state index contributed by atoms with van der Waals surface area (Å²) >= 11 is 6.94. The van der Waals surface area contributed by atoms with Gasteiger partial charge in [-0.1, -0.05) is 80.4 Å². The molecule has 0 spiro atoms. The van der Waals surface area contributed by atoms with E-state index in [4.69, 9.17) is 18.9 Å². The van der Waals surface area contributed by atoms with Crippen LogP contribution < -0.4 is 18.9 Å². The van der Waals surface area contributed by atoms with Gasteiger partial charge < -0.3 is 18.9 Å². The molecular formula is C34H32Br2O6S. The van der Waals surface area contributed by atoms with Crippen molar-refractivity contribution in [2.45, 2.75) is 10.5 Å². The zero-order chi connectivity index (χ0) is 31.0. The van der Waals surface area contributed by atoms with Gasteiger partial charge in [0.1, 0.15) is 33.5 Å². The topological polar surface area (TPSA) is 71.1 Å². The summed E-state index contributed by atoms with van der Waals surface area (Å²) in [6.07, 6.45) is 6.85. The first-order chi connectivity index (χ1) is 20.7. The summed E-state index contributed by atoms with van der Waals surface area (Å²) in [4.78, 5) is 0. The van der Waals surface area contributed by atoms with Gasteiger partial charge in [-0.15, -0.1) is 0 Å². The van der Waals surface area contributed by atoms with E-state index < -0.39 is 20.3 Å². The molecule has 4 rings (SSSR count). The highest BCUT2D eigenvalue weighted by atomic mass is 79.9. The molecule has 9 heteroatoms. The SMILES string of the molecule is COc1cccc(OC)c1/C=C/C(c1ccc(Br)cc1)S(=O)(=O)C(/C=C/c1c(OC)cccc1OC)c1ccc(Br)cc1. The molecule has 0 radical (unpaired) electrons. The van der Waals surface area contributed by atoms with E-state index in [0.29, 0.717) is 45.3 Å². The molecule has 0 heterocycles. The standard InChI is InChI=1S/C34H32Br2O6S/c1-39-29-7-5-8-30(40-2)27(29)19-21-33(23-11-15-25(35)16-12-23)43(37,38)34(24-13-17-26(36)18-14-24)22-20-28-31(41-3)9-6-10-32(28)42-4/h5-22,33-34H,1-4H3/b21-19+,22-20+. The molecule has 6 nitrogen and oxygen atoms in total. The van der Waals surface area contributed by atoms with E-state index in [1.54, 1.807) is 77.0 Å². The molecule has 0 saturated carbocycles. The Morgan fingerprint density at radius 3 is 1.12 bits per heavy atom. The first-order valence-electron chi connectivity index (χ1n) is 13.3. The molecular weight excluding hydrogens is 696 g/mol. The van der Waals surface area contributed by atoms with Crippen molar-refractivity contribution in [1.82, 2.24) is 0 Å². The second-order valence-electron chi connectivity index (χ2n) is 9.40. The van der Waals surface area contributed by atoms with Gasteiger partial charge in [0.05, 0.1) is 39.6 Å². The fourth-order valence-electron chi connectivity index (χ4n) is 4.74. The molecule has 0 N–H and O–H groups in total. The number of ether oxygens (including phenoxy) is 4. The number of halogens is 2. The predicted octanol–water partition coefficient (Wildman–Crippen LogP) is 8.87. The third-order valence-corrected chi connectivity index (χ3v) is 10.2. The van der Waals surface area contributed by atoms with Crippen molar-refractivity contribution in [2.75, 3.05) is 28.4 Å². The van der Waals surface area contributed by atoms with Crippen molar-refractivity contribution in [1.29, 1.82) is 0 Å². The summed E-state index contributed by atoms with van der Waals surface area (Å²) in [5, 5.41) is -2.04. The van der Waals surface area contributed by atoms with Gasteiger partial charge in [-0.2, -0.15) is 0 Å². The van der Waals surface area contributed by atoms with E-state index in [1.165, 1.54) is 0 Å². The van der Waals surface area contributed by atoms with Crippen LogP contribution in [0.5, 0.6) is 23.0 Å². The minimum absolute atomic E-state index is 0.565. The Morgan fingerprint density at radius 2 is 0.837 bits per heavy atom. The quantitative estimate of drug-likeness (QED) is 0.145. The van der Waals surface area contributed by atoms with Crippen LogP contribution in [0, 0.1) is 0 Å². The summed E-state index contributed by atoms with van der Waals surface area (Å²) in [6.45, 7) is 0. The monoisotopic (exact) mass is 726 g/mol. The van der Waals surface area contributed by atoms with Crippen molar-refractivity contribution < 1.29 is 27.4 Å². The molecule has 0 aliphatic rings. The molecule has 0 fully saturated rings. The largest absolute Gasteiger partial charge is 0.496 e. The molecule has 0 aliphatic carbocycles. The van der Waals surface area contributed by atoms with Crippen LogP contribution in [0.25, 0.3) is 12.2 Å². The first kappa shape index (κ1) is 32.4. The third kappa shape index (κ3) is 7.52. The highest BCUT2D eigenvalue weighted by Crippen LogP contribution is 2.40. The van der Waals surface area contributed by atoms with E-state index in [2.05, 4.69) is 31.9 Å². The summed E-state index contributed by atoms with van der Waals surface area (Å²) < 4.78 is 53.5. The molecule has 0 aromatic heterocycles. The van der Waals surface area contributed by atoms with Gasteiger partial charge in [-0.3, -0.25) is 0 Å². The molecule has 224 valence electrons. The fraction of sp³-hybridized carbons (Fsp3) is 0.176. The molecule has 0 amide bonds. The zero-order valence-electron chi connectivity index (χ0n) is 24.2. The number of benzene rings is 4. The van der Waals surface area contributed by atoms with Crippen LogP contribution in [0.2, 0.25) is 0 Å². The number of methoxy groups -OCH3 is 4. The van der Waals surface area contributed by atoms with Gasteiger partial charge in [0.25, 0.3) is 0 Å². The minimum atomic E-state index is -3.98. The van der Waals surface area contributed by atoms with Gasteiger partial charge in [0, 0.05) is 8.95 Å². The maximum Gasteiger partial charge on any atom is 0.171 e. The van der Waals surface area contributed by atoms with Gasteiger partial charge >= 0.3 is 0 Å². The van der Waals surface area contributed by atoms with Crippen LogP contribution in [-0.2, 0) is 9.84 Å². The van der Waals surface area contributed by atoms with Gasteiger partial charge in [0.2, 0.25) is 0 Å². The summed E-state index contributed by atoms with van der Waals surface area (Å²) in [5.74, 6) is 2.26. The lowest BCUT2D eigenvalue weighted by Crippen LogP contribution is -2.19. The van der Waals surface area contributed by atoms with E-state index in [9.17, 15) is 8.42 Å². The minimum Gasteiger partial charge on any atom is -0.496 e. The van der Waals surface area contributed by atoms with Crippen molar-refractivity contribution >= 4 is 53.8 Å². The Morgan fingerprint density at radius 1 is 0.535 bits per heavy atom. The number of hydrogen-bond donors (Lipinski definition) is 0. The van der Waals surface area contributed by atoms with Gasteiger partial charge in [-0.05, 0) is 71.8 Å². The van der Waals surface area contributed by atoms with Crippen LogP contribution in [0.15, 0.2) is 106 Å². The number of hydrogen-bond acceptors (Lipinski definition) is 6. The molecule has 0 saturated heterocycles. The maximum absolute atomic E-state index is 14.8. The van der Waals surface area contributed by atoms with Gasteiger partial charge in [0.15, 0.2) is 9.84 Å². The Kier molecular flexibility index (Phi) is 11.1. The van der Waals surface area contributed by atoms with Crippen molar-refractivity contribution in [3.8, 4) is 23.0 Å². The average molecular weight is 728 g/mol. The fourth-order valence-corrected chi connectivity index (χ4v) is 7.25. The normalized spacial score (nSPS) is 13.2. The van der Waals surface area contributed by atoms with E-state index in [0.717, 1.165) is 8.95 Å². The maximum atomic E-state index is 14.8. The van der Waals surface area contributed by atoms with Gasteiger partial charge in [-0.25, -0.2) is 8.42 Å². The molecule has 2 atom stereocenters. The predicted molar refractivity (Wildman–Crippen MR) is 180 cm³/mol. The lowest BCUT2D eigenvalue weighted by molar-refractivity contribution is 0.392. The lowest BCUT2D eigenvalue weighted by atomic mass is 10.1. The Hall–Kier alpha value is -3.53. The average Bonchev–Trinajstić information content (AvgIpc) is 3.02. The molecule has 43 heavy (non-hydrogen) atoms. The molecule has 4 aromatic carbocycles. The van der Waals surface area contributed by atoms with Crippen LogP contribution in [0.3, 0.4) is 0 Å². The number of sulfone groups is 1. The second-order valence-corrected chi connectivity index (χ2v) is 13.4. The van der Waals surface area contributed by atoms with Crippen molar-refractivity contribution in [3.05, 3.63) is 128 Å². The van der Waals surface area contributed by atoms with Crippen LogP contribution in [0.4, 0.5) is 0 Å². The van der Waals surface area contributed by atoms with Crippen LogP contribution >= 0.6 is 31.9 Å². The molecule has 0 aliphatic heterocycles. The smallest absolute Gasteiger partial charge is 0.171 e. The Balaban J connectivity index is 1.91. The zero-order valence-corrected chi connectivity index (χ0v) is 28.1. The van der Waals surface area contributed by atoms with E-state index in [1.807, 2.05) is 60.7 Å². The highest BCUT2D eigenvalue weighted by Gasteiger charge is 2.34. The highest BCUT2D eigenvalue weighted by molar-refractivity contribution is 9.10. The summed E-state index contributed by atoms with van der Waals surface area (Å²) in [6, 6.07) is 25.4. The molecule has 0 bridgehead atoms. The van der Waals surface area contributed by atoms with Crippen molar-refractivity contribution in [2.24, 2.45) is 0 Å². The second kappa shape index (κ2) is 14.8. The van der Waals surface area contributed by atoms with Crippen LogP contribution in [0.1, 0.15) is 32.8 Å². The third-order valence-electron chi connectivity index (χ3n) is 6.91. The summed E-state index contributed by atoms with van der Waals surface area (Å²) in [7, 11) is 2.28. The molecule has 4 aromatic rings. The Labute approximate surface area is 270 Å². The van der Waals surface area contributed by atoms with E-state index in [-0.39, 0.29) is 0 Å². The molecule has 2 unspecified atom stereocenters. The summed E-state index contributed by atoms with van der Waals surface area (Å²) in [5.41, 5.74) is 2.50. The van der Waals surface area contributed by atoms with Crippen molar-refractivity contribution in [3.63, 3.8) is 0 Å². The lowest BCUT2D eigenvalue weighted by Gasteiger charge is -2.22. The Bertz CT molecular complexity index is 1530.